The summed E-state index contributed by atoms with van der Waals surface area (Å²) in [4.78, 5) is 23.5. The van der Waals surface area contributed by atoms with Gasteiger partial charge < -0.3 is 19.1 Å². The van der Waals surface area contributed by atoms with Crippen LogP contribution in [0.1, 0.15) is 24.2 Å². The van der Waals surface area contributed by atoms with Crippen molar-refractivity contribution in [3.8, 4) is 5.75 Å². The summed E-state index contributed by atoms with van der Waals surface area (Å²) in [6.07, 6.45) is -0.0189. The van der Waals surface area contributed by atoms with Crippen molar-refractivity contribution in [2.24, 2.45) is 0 Å². The third-order valence-corrected chi connectivity index (χ3v) is 3.25. The minimum atomic E-state index is -1.33. The fourth-order valence-electron chi connectivity index (χ4n) is 2.31. The molecule has 0 N–H and O–H groups in total. The van der Waals surface area contributed by atoms with Gasteiger partial charge in [0.05, 0.1) is 22.8 Å². The number of carbonyl (C=O) groups is 1. The van der Waals surface area contributed by atoms with Crippen LogP contribution in [0.25, 0.3) is 21.9 Å². The molecule has 0 bridgehead atoms. The van der Waals surface area contributed by atoms with Crippen LogP contribution < -0.4 is 44.8 Å². The molecule has 0 aliphatic heterocycles. The van der Waals surface area contributed by atoms with Crippen LogP contribution in [0.2, 0.25) is 0 Å². The van der Waals surface area contributed by atoms with E-state index in [1.165, 1.54) is 18.2 Å². The molecular formula is C17H13NaO5. The molecule has 0 fully saturated rings. The van der Waals surface area contributed by atoms with Crippen molar-refractivity contribution in [3.05, 3.63) is 52.2 Å². The van der Waals surface area contributed by atoms with E-state index < -0.39 is 5.97 Å². The molecule has 1 aromatic heterocycles. The van der Waals surface area contributed by atoms with E-state index >= 15 is 0 Å². The van der Waals surface area contributed by atoms with Crippen molar-refractivity contribution in [3.63, 3.8) is 0 Å². The van der Waals surface area contributed by atoms with Gasteiger partial charge in [0.25, 0.3) is 0 Å². The Balaban J connectivity index is 0.00000192. The van der Waals surface area contributed by atoms with Gasteiger partial charge in [0, 0.05) is 0 Å². The summed E-state index contributed by atoms with van der Waals surface area (Å²) in [5.41, 5.74) is 0.400. The first kappa shape index (κ1) is 17.5. The van der Waals surface area contributed by atoms with E-state index in [1.54, 1.807) is 18.2 Å². The number of hydrogen-bond donors (Lipinski definition) is 0. The van der Waals surface area contributed by atoms with E-state index in [0.717, 1.165) is 0 Å². The standard InChI is InChI=1S/C17H14O5.Na/c1-9(2)21-11-4-6-15-13(8-11)16(18)12-7-10(17(19)20)3-5-14(12)22-15;/h3-9H,1-2H3,(H,19,20);/q;+1/p-1. The third-order valence-electron chi connectivity index (χ3n) is 3.25. The first-order valence-electron chi connectivity index (χ1n) is 6.84. The average Bonchev–Trinajstić information content (AvgIpc) is 2.47. The van der Waals surface area contributed by atoms with Gasteiger partial charge in [-0.25, -0.2) is 0 Å². The van der Waals surface area contributed by atoms with Gasteiger partial charge >= 0.3 is 29.6 Å². The second kappa shape index (κ2) is 6.74. The Morgan fingerprint density at radius 2 is 1.70 bits per heavy atom. The van der Waals surface area contributed by atoms with Crippen LogP contribution in [0.5, 0.6) is 5.75 Å². The SMILES string of the molecule is CC(C)Oc1ccc2oc3ccc(C(=O)[O-])cc3c(=O)c2c1.[Na+]. The van der Waals surface area contributed by atoms with Crippen molar-refractivity contribution in [2.45, 2.75) is 20.0 Å². The molecule has 112 valence electrons. The Morgan fingerprint density at radius 3 is 2.30 bits per heavy atom. The first-order valence-corrected chi connectivity index (χ1v) is 6.84. The molecule has 0 unspecified atom stereocenters. The number of ether oxygens (including phenoxy) is 1. The Kier molecular flexibility index (Phi) is 5.14. The van der Waals surface area contributed by atoms with Crippen LogP contribution in [0.3, 0.4) is 0 Å². The molecule has 6 heteroatoms. The molecule has 23 heavy (non-hydrogen) atoms. The Morgan fingerprint density at radius 1 is 1.09 bits per heavy atom. The average molecular weight is 320 g/mol. The molecule has 0 aliphatic rings. The fraction of sp³-hybridized carbons (Fsp3) is 0.176. The number of hydrogen-bond acceptors (Lipinski definition) is 5. The first-order chi connectivity index (χ1) is 10.5. The molecule has 0 aliphatic carbocycles. The Labute approximate surface area is 154 Å². The maximum absolute atomic E-state index is 12.6. The maximum atomic E-state index is 12.6. The summed E-state index contributed by atoms with van der Waals surface area (Å²) in [6, 6.07) is 9.08. The predicted octanol–water partition coefficient (Wildman–Crippen LogP) is -0.899. The van der Waals surface area contributed by atoms with Crippen LogP contribution in [0, 0.1) is 0 Å². The predicted molar refractivity (Wildman–Crippen MR) is 80.1 cm³/mol. The van der Waals surface area contributed by atoms with Crippen LogP contribution in [-0.4, -0.2) is 12.1 Å². The molecule has 0 saturated heterocycles. The van der Waals surface area contributed by atoms with Crippen molar-refractivity contribution in [1.29, 1.82) is 0 Å². The number of benzene rings is 2. The number of carboxylic acid groups (broad SMARTS) is 1. The smallest absolute Gasteiger partial charge is 0.545 e. The van der Waals surface area contributed by atoms with E-state index in [0.29, 0.717) is 22.3 Å². The molecule has 3 aromatic rings. The van der Waals surface area contributed by atoms with Crippen molar-refractivity contribution in [2.75, 3.05) is 0 Å². The molecule has 2 aromatic carbocycles. The van der Waals surface area contributed by atoms with Gasteiger partial charge in [-0.2, -0.15) is 0 Å². The minimum absolute atomic E-state index is 0. The zero-order chi connectivity index (χ0) is 15.9. The Bertz CT molecular complexity index is 943. The second-order valence-corrected chi connectivity index (χ2v) is 5.25. The van der Waals surface area contributed by atoms with E-state index in [1.807, 2.05) is 13.8 Å². The molecule has 0 amide bonds. The molecule has 3 rings (SSSR count). The summed E-state index contributed by atoms with van der Waals surface area (Å²) >= 11 is 0. The quantitative estimate of drug-likeness (QED) is 0.462. The van der Waals surface area contributed by atoms with Crippen LogP contribution in [0.15, 0.2) is 45.6 Å². The summed E-state index contributed by atoms with van der Waals surface area (Å²) < 4.78 is 11.2. The third kappa shape index (κ3) is 3.42. The van der Waals surface area contributed by atoms with E-state index in [2.05, 4.69) is 0 Å². The van der Waals surface area contributed by atoms with Gasteiger partial charge in [-0.3, -0.25) is 4.79 Å². The van der Waals surface area contributed by atoms with Gasteiger partial charge in [-0.1, -0.05) is 0 Å². The molecule has 0 saturated carbocycles. The largest absolute Gasteiger partial charge is 1.00 e. The monoisotopic (exact) mass is 320 g/mol. The molecule has 0 atom stereocenters. The topological polar surface area (TPSA) is 79.6 Å². The van der Waals surface area contributed by atoms with Crippen LogP contribution >= 0.6 is 0 Å². The number of aromatic carboxylic acids is 1. The number of rotatable bonds is 3. The normalized spacial score (nSPS) is 10.7. The maximum Gasteiger partial charge on any atom is 1.00 e. The van der Waals surface area contributed by atoms with Crippen LogP contribution in [0.4, 0.5) is 0 Å². The van der Waals surface area contributed by atoms with E-state index in [-0.39, 0.29) is 52.0 Å². The molecular weight excluding hydrogens is 307 g/mol. The zero-order valence-corrected chi connectivity index (χ0v) is 15.1. The van der Waals surface area contributed by atoms with Gasteiger partial charge in [-0.15, -0.1) is 0 Å². The van der Waals surface area contributed by atoms with Gasteiger partial charge in [0.1, 0.15) is 16.9 Å². The second-order valence-electron chi connectivity index (χ2n) is 5.25. The van der Waals surface area contributed by atoms with E-state index in [9.17, 15) is 14.7 Å². The molecule has 0 radical (unpaired) electrons. The van der Waals surface area contributed by atoms with Crippen molar-refractivity contribution >= 4 is 27.9 Å². The Hall–Kier alpha value is -1.82. The summed E-state index contributed by atoms with van der Waals surface area (Å²) in [7, 11) is 0. The fourth-order valence-corrected chi connectivity index (χ4v) is 2.31. The number of carbonyl (C=O) groups excluding carboxylic acids is 1. The molecule has 1 heterocycles. The summed E-state index contributed by atoms with van der Waals surface area (Å²) in [6.45, 7) is 3.78. The zero-order valence-electron chi connectivity index (χ0n) is 13.1. The van der Waals surface area contributed by atoms with Crippen molar-refractivity contribution < 1.29 is 48.6 Å². The minimum Gasteiger partial charge on any atom is -0.545 e. The molecule has 5 nitrogen and oxygen atoms in total. The van der Waals surface area contributed by atoms with Crippen LogP contribution in [-0.2, 0) is 0 Å². The van der Waals surface area contributed by atoms with Gasteiger partial charge in [0.15, 0.2) is 0 Å². The van der Waals surface area contributed by atoms with Gasteiger partial charge in [-0.05, 0) is 55.8 Å². The number of fused-ring (bicyclic) bond motifs is 2. The molecule has 0 spiro atoms. The summed E-state index contributed by atoms with van der Waals surface area (Å²) in [5.74, 6) is -0.775. The number of carboxylic acids is 1. The van der Waals surface area contributed by atoms with Crippen molar-refractivity contribution in [1.82, 2.24) is 0 Å². The summed E-state index contributed by atoms with van der Waals surface area (Å²) in [5, 5.41) is 11.5. The van der Waals surface area contributed by atoms with E-state index in [4.69, 9.17) is 9.15 Å². The van der Waals surface area contributed by atoms with Gasteiger partial charge in [0.2, 0.25) is 5.43 Å².